The lowest BCUT2D eigenvalue weighted by atomic mass is 10.2. The van der Waals surface area contributed by atoms with Gasteiger partial charge in [0.05, 0.1) is 6.07 Å². The number of rotatable bonds is 4. The van der Waals surface area contributed by atoms with Crippen molar-refractivity contribution in [2.24, 2.45) is 0 Å². The van der Waals surface area contributed by atoms with Crippen molar-refractivity contribution in [3.63, 3.8) is 0 Å². The minimum Gasteiger partial charge on any atom is -0.305 e. The van der Waals surface area contributed by atoms with Crippen LogP contribution in [0.25, 0.3) is 0 Å². The van der Waals surface area contributed by atoms with Crippen molar-refractivity contribution >= 4 is 0 Å². The molecule has 1 rings (SSSR count). The van der Waals surface area contributed by atoms with E-state index >= 15 is 0 Å². The molecule has 0 spiro atoms. The highest BCUT2D eigenvalue weighted by molar-refractivity contribution is 4.93. The standard InChI is InChI=1S/C12H24N4/c1-4-14-12(8-13)10-16-7-5-6-15(3)9-11(16)2/h11-12,14H,4-7,9-10H2,1-3H3. The quantitative estimate of drug-likeness (QED) is 0.756. The Morgan fingerprint density at radius 3 is 2.88 bits per heavy atom. The van der Waals surface area contributed by atoms with Gasteiger partial charge in [-0.15, -0.1) is 0 Å². The molecule has 1 fully saturated rings. The highest BCUT2D eigenvalue weighted by Gasteiger charge is 2.21. The number of hydrogen-bond acceptors (Lipinski definition) is 4. The molecule has 1 N–H and O–H groups in total. The van der Waals surface area contributed by atoms with Gasteiger partial charge in [0, 0.05) is 19.1 Å². The first kappa shape index (κ1) is 13.4. The van der Waals surface area contributed by atoms with Gasteiger partial charge in [-0.1, -0.05) is 6.92 Å². The summed E-state index contributed by atoms with van der Waals surface area (Å²) in [7, 11) is 2.17. The van der Waals surface area contributed by atoms with E-state index in [2.05, 4.69) is 35.2 Å². The summed E-state index contributed by atoms with van der Waals surface area (Å²) in [5.41, 5.74) is 0. The third kappa shape index (κ3) is 4.09. The number of likely N-dealkylation sites (N-methyl/N-ethyl adjacent to an activating group) is 2. The molecule has 2 unspecified atom stereocenters. The van der Waals surface area contributed by atoms with E-state index in [4.69, 9.17) is 5.26 Å². The highest BCUT2D eigenvalue weighted by Crippen LogP contribution is 2.08. The molecular formula is C12H24N4. The summed E-state index contributed by atoms with van der Waals surface area (Å²) >= 11 is 0. The van der Waals surface area contributed by atoms with Crippen molar-refractivity contribution in [1.29, 1.82) is 5.26 Å². The molecule has 1 saturated heterocycles. The zero-order valence-electron chi connectivity index (χ0n) is 10.7. The topological polar surface area (TPSA) is 42.3 Å². The van der Waals surface area contributed by atoms with Gasteiger partial charge in [0.15, 0.2) is 0 Å². The van der Waals surface area contributed by atoms with Crippen molar-refractivity contribution < 1.29 is 0 Å². The molecule has 0 aromatic heterocycles. The first-order valence-corrected chi connectivity index (χ1v) is 6.23. The molecule has 16 heavy (non-hydrogen) atoms. The summed E-state index contributed by atoms with van der Waals surface area (Å²) in [4.78, 5) is 4.80. The molecule has 1 aliphatic rings. The van der Waals surface area contributed by atoms with Crippen LogP contribution >= 0.6 is 0 Å². The summed E-state index contributed by atoms with van der Waals surface area (Å²) in [6.07, 6.45) is 1.20. The number of nitrogens with one attached hydrogen (secondary N) is 1. The smallest absolute Gasteiger partial charge is 0.108 e. The third-order valence-corrected chi connectivity index (χ3v) is 3.21. The molecular weight excluding hydrogens is 200 g/mol. The molecule has 0 aromatic carbocycles. The fourth-order valence-electron chi connectivity index (χ4n) is 2.33. The minimum absolute atomic E-state index is 0.0316. The fraction of sp³-hybridized carbons (Fsp3) is 0.917. The normalized spacial score (nSPS) is 26.0. The monoisotopic (exact) mass is 224 g/mol. The Morgan fingerprint density at radius 2 is 2.25 bits per heavy atom. The van der Waals surface area contributed by atoms with E-state index in [9.17, 15) is 0 Å². The first-order valence-electron chi connectivity index (χ1n) is 6.23. The van der Waals surface area contributed by atoms with Crippen LogP contribution in [0.5, 0.6) is 0 Å². The average molecular weight is 224 g/mol. The lowest BCUT2D eigenvalue weighted by Crippen LogP contribution is -2.45. The Balaban J connectivity index is 2.48. The Morgan fingerprint density at radius 1 is 1.50 bits per heavy atom. The molecule has 0 radical (unpaired) electrons. The molecule has 0 amide bonds. The van der Waals surface area contributed by atoms with E-state index in [0.717, 1.165) is 26.2 Å². The molecule has 1 aliphatic heterocycles. The summed E-state index contributed by atoms with van der Waals surface area (Å²) in [5, 5.41) is 12.3. The lowest BCUT2D eigenvalue weighted by molar-refractivity contribution is 0.193. The zero-order chi connectivity index (χ0) is 12.0. The maximum Gasteiger partial charge on any atom is 0.108 e. The van der Waals surface area contributed by atoms with Gasteiger partial charge in [-0.05, 0) is 40.0 Å². The van der Waals surface area contributed by atoms with Crippen LogP contribution < -0.4 is 5.32 Å². The van der Waals surface area contributed by atoms with Crippen LogP contribution in [0.15, 0.2) is 0 Å². The van der Waals surface area contributed by atoms with Crippen LogP contribution in [0.4, 0.5) is 0 Å². The molecule has 1 heterocycles. The minimum atomic E-state index is -0.0316. The second-order valence-electron chi connectivity index (χ2n) is 4.70. The van der Waals surface area contributed by atoms with Crippen molar-refractivity contribution in [2.75, 3.05) is 39.8 Å². The molecule has 0 bridgehead atoms. The zero-order valence-corrected chi connectivity index (χ0v) is 10.7. The third-order valence-electron chi connectivity index (χ3n) is 3.21. The summed E-state index contributed by atoms with van der Waals surface area (Å²) < 4.78 is 0. The average Bonchev–Trinajstić information content (AvgIpc) is 2.40. The molecule has 0 saturated carbocycles. The van der Waals surface area contributed by atoms with Gasteiger partial charge in [0.1, 0.15) is 6.04 Å². The van der Waals surface area contributed by atoms with E-state index in [0.29, 0.717) is 6.04 Å². The fourth-order valence-corrected chi connectivity index (χ4v) is 2.33. The molecule has 92 valence electrons. The van der Waals surface area contributed by atoms with Crippen molar-refractivity contribution in [1.82, 2.24) is 15.1 Å². The Bertz CT molecular complexity index is 236. The second-order valence-corrected chi connectivity index (χ2v) is 4.70. The largest absolute Gasteiger partial charge is 0.305 e. The van der Waals surface area contributed by atoms with E-state index < -0.39 is 0 Å². The number of nitriles is 1. The van der Waals surface area contributed by atoms with Crippen LogP contribution in [0.2, 0.25) is 0 Å². The van der Waals surface area contributed by atoms with E-state index in [1.807, 2.05) is 6.92 Å². The Hall–Kier alpha value is -0.630. The predicted molar refractivity (Wildman–Crippen MR) is 66.2 cm³/mol. The molecule has 4 heteroatoms. The first-order chi connectivity index (χ1) is 7.67. The van der Waals surface area contributed by atoms with Crippen molar-refractivity contribution in [2.45, 2.75) is 32.4 Å². The van der Waals surface area contributed by atoms with Gasteiger partial charge < -0.3 is 10.2 Å². The van der Waals surface area contributed by atoms with Crippen LogP contribution in [0.3, 0.4) is 0 Å². The van der Waals surface area contributed by atoms with Crippen LogP contribution in [-0.4, -0.2) is 61.7 Å². The van der Waals surface area contributed by atoms with Gasteiger partial charge in [-0.3, -0.25) is 4.90 Å². The van der Waals surface area contributed by atoms with Gasteiger partial charge >= 0.3 is 0 Å². The summed E-state index contributed by atoms with van der Waals surface area (Å²) in [6.45, 7) is 9.38. The molecule has 0 aromatic rings. The van der Waals surface area contributed by atoms with Crippen molar-refractivity contribution in [3.8, 4) is 6.07 Å². The maximum atomic E-state index is 9.05. The van der Waals surface area contributed by atoms with Crippen LogP contribution in [0, 0.1) is 11.3 Å². The van der Waals surface area contributed by atoms with Crippen molar-refractivity contribution in [3.05, 3.63) is 0 Å². The van der Waals surface area contributed by atoms with E-state index in [1.54, 1.807) is 0 Å². The predicted octanol–water partition coefficient (Wildman–Crippen LogP) is 0.514. The van der Waals surface area contributed by atoms with E-state index in [-0.39, 0.29) is 6.04 Å². The Kier molecular flexibility index (Phi) is 5.75. The molecule has 0 aliphatic carbocycles. The van der Waals surface area contributed by atoms with Crippen LogP contribution in [-0.2, 0) is 0 Å². The lowest BCUT2D eigenvalue weighted by Gasteiger charge is -2.29. The maximum absolute atomic E-state index is 9.05. The SMILES string of the molecule is CCNC(C#N)CN1CCCN(C)CC1C. The van der Waals surface area contributed by atoms with Gasteiger partial charge in [-0.2, -0.15) is 5.26 Å². The summed E-state index contributed by atoms with van der Waals surface area (Å²) in [5.74, 6) is 0. The number of hydrogen-bond donors (Lipinski definition) is 1. The molecule has 4 nitrogen and oxygen atoms in total. The summed E-state index contributed by atoms with van der Waals surface area (Å²) in [6, 6.07) is 2.85. The highest BCUT2D eigenvalue weighted by atomic mass is 15.2. The Labute approximate surface area is 99.2 Å². The van der Waals surface area contributed by atoms with E-state index in [1.165, 1.54) is 13.0 Å². The second kappa shape index (κ2) is 6.85. The van der Waals surface area contributed by atoms with Gasteiger partial charge in [0.25, 0.3) is 0 Å². The number of nitrogens with zero attached hydrogens (tertiary/aromatic N) is 3. The van der Waals surface area contributed by atoms with Crippen LogP contribution in [0.1, 0.15) is 20.3 Å². The van der Waals surface area contributed by atoms with Gasteiger partial charge in [-0.25, -0.2) is 0 Å². The van der Waals surface area contributed by atoms with Gasteiger partial charge in [0.2, 0.25) is 0 Å². The molecule has 2 atom stereocenters.